The lowest BCUT2D eigenvalue weighted by atomic mass is 10.2. The highest BCUT2D eigenvalue weighted by molar-refractivity contribution is 7.89. The van der Waals surface area contributed by atoms with E-state index in [4.69, 9.17) is 4.74 Å². The Balaban J connectivity index is 2.13. The molecule has 2 aromatic rings. The van der Waals surface area contributed by atoms with Crippen LogP contribution in [0.4, 0.5) is 18.9 Å². The van der Waals surface area contributed by atoms with Crippen molar-refractivity contribution in [3.05, 3.63) is 54.1 Å². The van der Waals surface area contributed by atoms with Crippen LogP contribution in [0.2, 0.25) is 0 Å². The first-order valence-corrected chi connectivity index (χ1v) is 9.16. The molecule has 2 aromatic carbocycles. The second kappa shape index (κ2) is 7.97. The highest BCUT2D eigenvalue weighted by Crippen LogP contribution is 2.30. The van der Waals surface area contributed by atoms with Gasteiger partial charge in [-0.3, -0.25) is 4.79 Å². The van der Waals surface area contributed by atoms with Crippen LogP contribution in [0, 0.1) is 0 Å². The number of methoxy groups -OCH3 is 1. The summed E-state index contributed by atoms with van der Waals surface area (Å²) in [5.74, 6) is -0.191. The van der Waals surface area contributed by atoms with E-state index in [2.05, 4.69) is 10.0 Å². The van der Waals surface area contributed by atoms with Crippen molar-refractivity contribution in [3.8, 4) is 5.75 Å². The average Bonchev–Trinajstić information content (AvgIpc) is 2.61. The molecular formula is C17H17F3N2O4S. The number of amides is 1. The third-order valence-electron chi connectivity index (χ3n) is 3.53. The minimum absolute atomic E-state index is 0.379. The molecule has 0 aliphatic rings. The smallest absolute Gasteiger partial charge is 0.416 e. The van der Waals surface area contributed by atoms with Crippen LogP contribution in [0.1, 0.15) is 12.5 Å². The number of alkyl halides is 3. The van der Waals surface area contributed by atoms with E-state index in [0.717, 1.165) is 18.2 Å². The molecule has 0 heterocycles. The molecule has 146 valence electrons. The molecule has 0 aliphatic heterocycles. The van der Waals surface area contributed by atoms with E-state index in [9.17, 15) is 26.4 Å². The summed E-state index contributed by atoms with van der Waals surface area (Å²) in [4.78, 5) is 11.6. The first-order chi connectivity index (χ1) is 12.5. The molecule has 0 saturated carbocycles. The summed E-state index contributed by atoms with van der Waals surface area (Å²) in [6.07, 6.45) is -4.68. The molecule has 1 atom stereocenters. The van der Waals surface area contributed by atoms with Crippen molar-refractivity contribution in [2.45, 2.75) is 24.0 Å². The third kappa shape index (κ3) is 5.44. The summed E-state index contributed by atoms with van der Waals surface area (Å²) in [6.45, 7) is 1.28. The number of halogens is 3. The Hall–Kier alpha value is -2.59. The van der Waals surface area contributed by atoms with Crippen LogP contribution in [0.25, 0.3) is 0 Å². The zero-order chi connectivity index (χ0) is 20.2. The van der Waals surface area contributed by atoms with E-state index < -0.39 is 38.6 Å². The van der Waals surface area contributed by atoms with Crippen molar-refractivity contribution in [1.29, 1.82) is 0 Å². The number of ether oxygens (including phenoxy) is 1. The van der Waals surface area contributed by atoms with E-state index in [0.29, 0.717) is 17.5 Å². The van der Waals surface area contributed by atoms with Gasteiger partial charge in [0, 0.05) is 11.8 Å². The van der Waals surface area contributed by atoms with Gasteiger partial charge in [-0.15, -0.1) is 0 Å². The fraction of sp³-hybridized carbons (Fsp3) is 0.235. The second-order valence-electron chi connectivity index (χ2n) is 5.59. The van der Waals surface area contributed by atoms with Gasteiger partial charge in [-0.05, 0) is 37.3 Å². The maximum atomic E-state index is 12.8. The van der Waals surface area contributed by atoms with Gasteiger partial charge >= 0.3 is 6.18 Å². The molecule has 27 heavy (non-hydrogen) atoms. The summed E-state index contributed by atoms with van der Waals surface area (Å²) in [7, 11) is -2.88. The predicted octanol–water partition coefficient (Wildman–Crippen LogP) is 3.02. The molecule has 6 nitrogen and oxygen atoms in total. The first-order valence-electron chi connectivity index (χ1n) is 7.67. The summed E-state index contributed by atoms with van der Waals surface area (Å²) in [6, 6.07) is 8.45. The Morgan fingerprint density at radius 1 is 1.11 bits per heavy atom. The van der Waals surface area contributed by atoms with Gasteiger partial charge in [-0.25, -0.2) is 8.42 Å². The minimum Gasteiger partial charge on any atom is -0.497 e. The Morgan fingerprint density at radius 3 is 2.41 bits per heavy atom. The highest BCUT2D eigenvalue weighted by Gasteiger charge is 2.32. The lowest BCUT2D eigenvalue weighted by Crippen LogP contribution is -2.41. The van der Waals surface area contributed by atoms with Gasteiger partial charge in [0.15, 0.2) is 0 Å². The lowest BCUT2D eigenvalue weighted by Gasteiger charge is -2.15. The van der Waals surface area contributed by atoms with Crippen molar-refractivity contribution >= 4 is 21.6 Å². The van der Waals surface area contributed by atoms with Gasteiger partial charge in [0.1, 0.15) is 5.75 Å². The molecule has 0 spiro atoms. The van der Waals surface area contributed by atoms with Gasteiger partial charge in [0.05, 0.1) is 23.6 Å². The Bertz CT molecular complexity index is 930. The van der Waals surface area contributed by atoms with Crippen LogP contribution in [0.15, 0.2) is 53.4 Å². The lowest BCUT2D eigenvalue weighted by molar-refractivity contribution is -0.137. The number of benzene rings is 2. The first kappa shape index (κ1) is 20.7. The molecule has 0 fully saturated rings. The number of carbonyl (C=O) groups excluding carboxylic acids is 1. The standard InChI is InChI=1S/C17H17F3N2O4S/c1-11(16(23)21-13-6-4-7-14(10-13)26-2)22-27(24,25)15-8-3-5-12(9-15)17(18,19)20/h3-11,22H,1-2H3,(H,21,23). The van der Waals surface area contributed by atoms with E-state index >= 15 is 0 Å². The fourth-order valence-electron chi connectivity index (χ4n) is 2.15. The number of hydrogen-bond acceptors (Lipinski definition) is 4. The van der Waals surface area contributed by atoms with E-state index in [1.54, 1.807) is 18.2 Å². The number of hydrogen-bond donors (Lipinski definition) is 2. The van der Waals surface area contributed by atoms with E-state index in [1.165, 1.54) is 20.1 Å². The Morgan fingerprint density at radius 2 is 1.78 bits per heavy atom. The fourth-order valence-corrected chi connectivity index (χ4v) is 3.39. The third-order valence-corrected chi connectivity index (χ3v) is 5.07. The molecule has 10 heteroatoms. The Labute approximate surface area is 154 Å². The van der Waals surface area contributed by atoms with Gasteiger partial charge in [0.2, 0.25) is 15.9 Å². The predicted molar refractivity (Wildman–Crippen MR) is 92.9 cm³/mol. The van der Waals surface area contributed by atoms with Crippen molar-refractivity contribution < 1.29 is 31.1 Å². The number of nitrogens with one attached hydrogen (secondary N) is 2. The zero-order valence-electron chi connectivity index (χ0n) is 14.4. The normalized spacial score (nSPS) is 13.1. The van der Waals surface area contributed by atoms with Crippen molar-refractivity contribution in [1.82, 2.24) is 4.72 Å². The molecule has 0 saturated heterocycles. The molecule has 1 unspecified atom stereocenters. The molecule has 0 radical (unpaired) electrons. The molecule has 0 bridgehead atoms. The van der Waals surface area contributed by atoms with Crippen LogP contribution in [0.5, 0.6) is 5.75 Å². The number of anilines is 1. The highest BCUT2D eigenvalue weighted by atomic mass is 32.2. The summed E-state index contributed by atoms with van der Waals surface area (Å²) in [5, 5.41) is 2.50. The molecule has 0 aliphatic carbocycles. The van der Waals surface area contributed by atoms with Crippen molar-refractivity contribution in [3.63, 3.8) is 0 Å². The van der Waals surface area contributed by atoms with Gasteiger partial charge < -0.3 is 10.1 Å². The van der Waals surface area contributed by atoms with E-state index in [-0.39, 0.29) is 0 Å². The summed E-state index contributed by atoms with van der Waals surface area (Å²) in [5.41, 5.74) is -0.719. The number of rotatable bonds is 6. The molecule has 1 amide bonds. The van der Waals surface area contributed by atoms with Crippen molar-refractivity contribution in [2.24, 2.45) is 0 Å². The molecular weight excluding hydrogens is 385 g/mol. The number of sulfonamides is 1. The van der Waals surface area contributed by atoms with Crippen LogP contribution in [0.3, 0.4) is 0 Å². The largest absolute Gasteiger partial charge is 0.497 e. The average molecular weight is 402 g/mol. The maximum absolute atomic E-state index is 12.8. The maximum Gasteiger partial charge on any atom is 0.416 e. The SMILES string of the molecule is COc1cccc(NC(=O)C(C)NS(=O)(=O)c2cccc(C(F)(F)F)c2)c1. The monoisotopic (exact) mass is 402 g/mol. The number of carbonyl (C=O) groups is 1. The topological polar surface area (TPSA) is 84.5 Å². The molecule has 2 rings (SSSR count). The van der Waals surface area contributed by atoms with Gasteiger partial charge in [-0.1, -0.05) is 12.1 Å². The minimum atomic E-state index is -4.68. The molecule has 0 aromatic heterocycles. The van der Waals surface area contributed by atoms with E-state index in [1.807, 2.05) is 0 Å². The quantitative estimate of drug-likeness (QED) is 0.778. The molecule has 2 N–H and O–H groups in total. The summed E-state index contributed by atoms with van der Waals surface area (Å²) >= 11 is 0. The van der Waals surface area contributed by atoms with Crippen LogP contribution < -0.4 is 14.8 Å². The Kier molecular flexibility index (Phi) is 6.11. The second-order valence-corrected chi connectivity index (χ2v) is 7.30. The van der Waals surface area contributed by atoms with Gasteiger partial charge in [-0.2, -0.15) is 17.9 Å². The van der Waals surface area contributed by atoms with Crippen LogP contribution in [-0.4, -0.2) is 27.5 Å². The summed E-state index contributed by atoms with van der Waals surface area (Å²) < 4.78 is 70.0. The van der Waals surface area contributed by atoms with Crippen LogP contribution >= 0.6 is 0 Å². The van der Waals surface area contributed by atoms with Gasteiger partial charge in [0.25, 0.3) is 0 Å². The van der Waals surface area contributed by atoms with Crippen LogP contribution in [-0.2, 0) is 21.0 Å². The van der Waals surface area contributed by atoms with Crippen molar-refractivity contribution in [2.75, 3.05) is 12.4 Å². The zero-order valence-corrected chi connectivity index (χ0v) is 15.2.